The third-order valence-electron chi connectivity index (χ3n) is 2.71. The van der Waals surface area contributed by atoms with Crippen LogP contribution in [0.1, 0.15) is 32.3 Å². The third kappa shape index (κ3) is 6.56. The molecule has 0 aliphatic rings. The largest absolute Gasteiger partial charge is 0.463 e. The maximum absolute atomic E-state index is 11.5. The van der Waals surface area contributed by atoms with Crippen LogP contribution in [0.5, 0.6) is 0 Å². The van der Waals surface area contributed by atoms with Crippen LogP contribution in [0.15, 0.2) is 42.5 Å². The van der Waals surface area contributed by atoms with E-state index in [0.717, 1.165) is 18.4 Å². The molecule has 0 radical (unpaired) electrons. The van der Waals surface area contributed by atoms with Crippen LogP contribution in [0.2, 0.25) is 0 Å². The van der Waals surface area contributed by atoms with Crippen LogP contribution in [0.25, 0.3) is 6.08 Å². The van der Waals surface area contributed by atoms with E-state index in [0.29, 0.717) is 17.9 Å². The van der Waals surface area contributed by atoms with Gasteiger partial charge in [0.05, 0.1) is 6.61 Å². The van der Waals surface area contributed by atoms with E-state index in [2.05, 4.69) is 11.9 Å². The highest BCUT2D eigenvalue weighted by Gasteiger charge is 2.02. The molecule has 0 atom stereocenters. The lowest BCUT2D eigenvalue weighted by molar-refractivity contribution is -0.137. The second-order valence-electron chi connectivity index (χ2n) is 4.71. The molecule has 0 aliphatic heterocycles. The quantitative estimate of drug-likeness (QED) is 0.474. The number of carbonyl (C=O) groups excluding carboxylic acids is 2. The molecule has 0 aliphatic carbocycles. The summed E-state index contributed by atoms with van der Waals surface area (Å²) in [6.07, 6.45) is 4.95. The van der Waals surface area contributed by atoms with Crippen LogP contribution >= 0.6 is 0 Å². The molecule has 0 aromatic heterocycles. The van der Waals surface area contributed by atoms with Crippen LogP contribution in [0.3, 0.4) is 0 Å². The molecule has 1 amide bonds. The highest BCUT2D eigenvalue weighted by Crippen LogP contribution is 2.11. The van der Waals surface area contributed by atoms with Gasteiger partial charge in [-0.05, 0) is 37.1 Å². The van der Waals surface area contributed by atoms with Crippen molar-refractivity contribution in [2.24, 2.45) is 0 Å². The predicted molar refractivity (Wildman–Crippen MR) is 84.8 cm³/mol. The molecule has 1 N–H and O–H groups in total. The fourth-order valence-corrected chi connectivity index (χ4v) is 1.44. The van der Waals surface area contributed by atoms with Gasteiger partial charge in [0.2, 0.25) is 0 Å². The lowest BCUT2D eigenvalue weighted by atomic mass is 10.2. The molecule has 0 unspecified atom stereocenters. The summed E-state index contributed by atoms with van der Waals surface area (Å²) in [5.74, 6) is -0.555. The average molecular weight is 287 g/mol. The number of nitrogens with one attached hydrogen (secondary N) is 1. The molecule has 0 spiro atoms. The van der Waals surface area contributed by atoms with Gasteiger partial charge in [0.15, 0.2) is 0 Å². The van der Waals surface area contributed by atoms with Crippen LogP contribution in [-0.2, 0) is 14.3 Å². The minimum absolute atomic E-state index is 0.210. The fourth-order valence-electron chi connectivity index (χ4n) is 1.44. The molecule has 0 saturated carbocycles. The van der Waals surface area contributed by atoms with Crippen LogP contribution < -0.4 is 5.32 Å². The van der Waals surface area contributed by atoms with Gasteiger partial charge in [0.1, 0.15) is 0 Å². The van der Waals surface area contributed by atoms with E-state index in [9.17, 15) is 9.59 Å². The Bertz CT molecular complexity index is 529. The number of hydrogen-bond acceptors (Lipinski definition) is 3. The van der Waals surface area contributed by atoms with Crippen LogP contribution in [0.4, 0.5) is 5.69 Å². The lowest BCUT2D eigenvalue weighted by Crippen LogP contribution is -2.11. The highest BCUT2D eigenvalue weighted by molar-refractivity contribution is 6.02. The summed E-state index contributed by atoms with van der Waals surface area (Å²) in [6.45, 7) is 7.71. The molecule has 0 saturated heterocycles. The number of ether oxygens (including phenoxy) is 1. The van der Waals surface area contributed by atoms with E-state index in [-0.39, 0.29) is 11.9 Å². The molecule has 21 heavy (non-hydrogen) atoms. The van der Waals surface area contributed by atoms with Gasteiger partial charge in [-0.15, -0.1) is 0 Å². The van der Waals surface area contributed by atoms with E-state index in [4.69, 9.17) is 4.74 Å². The number of anilines is 1. The Balaban J connectivity index is 2.52. The zero-order valence-electron chi connectivity index (χ0n) is 12.5. The topological polar surface area (TPSA) is 55.4 Å². The van der Waals surface area contributed by atoms with Crippen molar-refractivity contribution in [3.05, 3.63) is 48.1 Å². The zero-order valence-corrected chi connectivity index (χ0v) is 12.5. The second-order valence-corrected chi connectivity index (χ2v) is 4.71. The van der Waals surface area contributed by atoms with E-state index in [1.54, 1.807) is 25.1 Å². The van der Waals surface area contributed by atoms with E-state index in [1.807, 2.05) is 19.1 Å². The minimum atomic E-state index is -0.344. The fraction of sp³-hybridized carbons (Fsp3) is 0.294. The summed E-state index contributed by atoms with van der Waals surface area (Å²) in [6, 6.07) is 7.15. The number of esters is 1. The molecule has 0 bridgehead atoms. The first kappa shape index (κ1) is 16.7. The minimum Gasteiger partial charge on any atom is -0.463 e. The predicted octanol–water partition coefficient (Wildman–Crippen LogP) is 3.56. The van der Waals surface area contributed by atoms with Gasteiger partial charge >= 0.3 is 5.97 Å². The monoisotopic (exact) mass is 287 g/mol. The highest BCUT2D eigenvalue weighted by atomic mass is 16.5. The van der Waals surface area contributed by atoms with Crippen molar-refractivity contribution in [2.45, 2.75) is 26.7 Å². The van der Waals surface area contributed by atoms with E-state index < -0.39 is 0 Å². The average Bonchev–Trinajstić information content (AvgIpc) is 2.46. The second kappa shape index (κ2) is 8.74. The maximum atomic E-state index is 11.5. The molecular formula is C17H21NO3. The van der Waals surface area contributed by atoms with Crippen LogP contribution in [-0.4, -0.2) is 18.5 Å². The van der Waals surface area contributed by atoms with Crippen LogP contribution in [0, 0.1) is 0 Å². The number of amides is 1. The van der Waals surface area contributed by atoms with Crippen molar-refractivity contribution in [3.63, 3.8) is 0 Å². The van der Waals surface area contributed by atoms with Crippen molar-refractivity contribution >= 4 is 23.6 Å². The lowest BCUT2D eigenvalue weighted by Gasteiger charge is -2.04. The Hall–Kier alpha value is -2.36. The Morgan fingerprint density at radius 1 is 1.29 bits per heavy atom. The summed E-state index contributed by atoms with van der Waals surface area (Å²) in [5, 5.41) is 2.71. The first-order valence-corrected chi connectivity index (χ1v) is 6.94. The summed E-state index contributed by atoms with van der Waals surface area (Å²) >= 11 is 0. The molecular weight excluding hydrogens is 266 g/mol. The van der Waals surface area contributed by atoms with Gasteiger partial charge in [0.25, 0.3) is 5.91 Å². The molecule has 112 valence electrons. The summed E-state index contributed by atoms with van der Waals surface area (Å²) in [4.78, 5) is 22.9. The first-order chi connectivity index (χ1) is 10.0. The van der Waals surface area contributed by atoms with Gasteiger partial charge in [-0.3, -0.25) is 4.79 Å². The molecule has 0 fully saturated rings. The zero-order chi connectivity index (χ0) is 15.7. The summed E-state index contributed by atoms with van der Waals surface area (Å²) < 4.78 is 5.01. The molecule has 1 aromatic carbocycles. The Morgan fingerprint density at radius 3 is 2.52 bits per heavy atom. The first-order valence-electron chi connectivity index (χ1n) is 6.94. The van der Waals surface area contributed by atoms with Gasteiger partial charge in [-0.25, -0.2) is 4.79 Å². The maximum Gasteiger partial charge on any atom is 0.330 e. The number of rotatable bonds is 7. The number of carbonyl (C=O) groups is 2. The van der Waals surface area contributed by atoms with Gasteiger partial charge < -0.3 is 10.1 Å². The van der Waals surface area contributed by atoms with Gasteiger partial charge in [0, 0.05) is 17.3 Å². The number of unbranched alkanes of at least 4 members (excludes halogenated alkanes) is 1. The molecule has 4 heteroatoms. The SMILES string of the molecule is C=C(C)C(=O)Nc1ccc(C=CC(=O)OCCCC)cc1. The standard InChI is InChI=1S/C17H21NO3/c1-4-5-12-21-16(19)11-8-14-6-9-15(10-7-14)18-17(20)13(2)3/h6-11H,2,4-5,12H2,1,3H3,(H,18,20). The molecule has 4 nitrogen and oxygen atoms in total. The Labute approximate surface area is 125 Å². The molecule has 1 rings (SSSR count). The van der Waals surface area contributed by atoms with Crippen molar-refractivity contribution < 1.29 is 14.3 Å². The van der Waals surface area contributed by atoms with Crippen molar-refractivity contribution in [3.8, 4) is 0 Å². The number of benzene rings is 1. The van der Waals surface area contributed by atoms with Gasteiger partial charge in [-0.2, -0.15) is 0 Å². The molecule has 0 heterocycles. The summed E-state index contributed by atoms with van der Waals surface area (Å²) in [5.41, 5.74) is 2.00. The van der Waals surface area contributed by atoms with E-state index >= 15 is 0 Å². The van der Waals surface area contributed by atoms with E-state index in [1.165, 1.54) is 6.08 Å². The smallest absolute Gasteiger partial charge is 0.330 e. The normalized spacial score (nSPS) is 10.4. The Kier molecular flexibility index (Phi) is 6.95. The van der Waals surface area contributed by atoms with Crippen molar-refractivity contribution in [1.82, 2.24) is 0 Å². The Morgan fingerprint density at radius 2 is 1.95 bits per heavy atom. The van der Waals surface area contributed by atoms with Crippen molar-refractivity contribution in [1.29, 1.82) is 0 Å². The molecule has 1 aromatic rings. The van der Waals surface area contributed by atoms with Gasteiger partial charge in [-0.1, -0.05) is 32.1 Å². The van der Waals surface area contributed by atoms with Crippen molar-refractivity contribution in [2.75, 3.05) is 11.9 Å². The summed E-state index contributed by atoms with van der Waals surface area (Å²) in [7, 11) is 0. The third-order valence-corrected chi connectivity index (χ3v) is 2.71. The number of hydrogen-bond donors (Lipinski definition) is 1.